The molecule has 4 heteroatoms. The third-order valence-electron chi connectivity index (χ3n) is 2.51. The summed E-state index contributed by atoms with van der Waals surface area (Å²) in [4.78, 5) is 0. The normalized spacial score (nSPS) is 10.6. The molecule has 0 spiro atoms. The minimum absolute atomic E-state index is 0.222. The second kappa shape index (κ2) is 5.96. The first-order valence-corrected chi connectivity index (χ1v) is 7.14. The van der Waals surface area contributed by atoms with E-state index in [1.165, 1.54) is 12.1 Å². The Labute approximate surface area is 111 Å². The molecule has 0 aliphatic carbocycles. The van der Waals surface area contributed by atoms with Crippen LogP contribution in [0.4, 0.5) is 10.1 Å². The van der Waals surface area contributed by atoms with Gasteiger partial charge in [0.1, 0.15) is 17.3 Å². The van der Waals surface area contributed by atoms with Crippen molar-refractivity contribution in [1.29, 1.82) is 0 Å². The number of thioether (sulfide) groups is 1. The van der Waals surface area contributed by atoms with E-state index in [1.807, 2.05) is 31.4 Å². The van der Waals surface area contributed by atoms with Gasteiger partial charge in [-0.15, -0.1) is 0 Å². The number of rotatable bonds is 5. The van der Waals surface area contributed by atoms with E-state index in [0.29, 0.717) is 6.54 Å². The summed E-state index contributed by atoms with van der Waals surface area (Å²) < 4.78 is 18.8. The number of nitrogens with one attached hydrogen (secondary N) is 1. The minimum Gasteiger partial charge on any atom is -0.463 e. The number of hydrogen-bond donors (Lipinski definition) is 1. The van der Waals surface area contributed by atoms with Gasteiger partial charge in [0, 0.05) is 5.69 Å². The maximum absolute atomic E-state index is 13.2. The number of hydrogen-bond acceptors (Lipinski definition) is 3. The second-order valence-corrected chi connectivity index (χ2v) is 5.04. The zero-order valence-corrected chi connectivity index (χ0v) is 11.3. The number of anilines is 1. The van der Waals surface area contributed by atoms with E-state index >= 15 is 0 Å². The molecule has 18 heavy (non-hydrogen) atoms. The van der Waals surface area contributed by atoms with Crippen molar-refractivity contribution in [2.75, 3.05) is 11.6 Å². The number of benzene rings is 1. The molecule has 0 radical (unpaired) electrons. The van der Waals surface area contributed by atoms with Crippen LogP contribution >= 0.6 is 11.8 Å². The van der Waals surface area contributed by atoms with E-state index in [1.54, 1.807) is 11.8 Å². The zero-order chi connectivity index (χ0) is 13.0. The smallest absolute Gasteiger partial charge is 0.125 e. The van der Waals surface area contributed by atoms with Gasteiger partial charge in [0.15, 0.2) is 0 Å². The van der Waals surface area contributed by atoms with E-state index in [-0.39, 0.29) is 5.82 Å². The van der Waals surface area contributed by atoms with E-state index in [0.717, 1.165) is 28.5 Å². The SMILES string of the molecule is CSCc1ccc(CNc2cc(C)cc(F)c2)o1. The highest BCUT2D eigenvalue weighted by atomic mass is 32.2. The van der Waals surface area contributed by atoms with Crippen LogP contribution in [0.2, 0.25) is 0 Å². The Bertz CT molecular complexity index is 504. The fourth-order valence-electron chi connectivity index (χ4n) is 1.76. The van der Waals surface area contributed by atoms with Crippen molar-refractivity contribution in [3.05, 3.63) is 53.2 Å². The van der Waals surface area contributed by atoms with Crippen molar-refractivity contribution in [1.82, 2.24) is 0 Å². The third kappa shape index (κ3) is 3.53. The van der Waals surface area contributed by atoms with Crippen LogP contribution in [0.5, 0.6) is 0 Å². The first-order chi connectivity index (χ1) is 8.67. The molecular formula is C14H16FNOS. The Morgan fingerprint density at radius 2 is 2.00 bits per heavy atom. The summed E-state index contributed by atoms with van der Waals surface area (Å²) >= 11 is 1.72. The Kier molecular flexibility index (Phi) is 4.31. The molecule has 0 saturated carbocycles. The predicted octanol–water partition coefficient (Wildman–Crippen LogP) is 4.20. The molecule has 0 atom stereocenters. The molecule has 1 aromatic carbocycles. The summed E-state index contributed by atoms with van der Waals surface area (Å²) in [6.45, 7) is 2.44. The van der Waals surface area contributed by atoms with Crippen molar-refractivity contribution in [2.45, 2.75) is 19.2 Å². The van der Waals surface area contributed by atoms with Gasteiger partial charge in [0.05, 0.1) is 12.3 Å². The summed E-state index contributed by atoms with van der Waals surface area (Å²) in [5, 5.41) is 3.16. The molecule has 1 N–H and O–H groups in total. The average Bonchev–Trinajstić information content (AvgIpc) is 2.74. The molecule has 0 unspecified atom stereocenters. The van der Waals surface area contributed by atoms with Gasteiger partial charge in [-0.25, -0.2) is 4.39 Å². The van der Waals surface area contributed by atoms with Crippen LogP contribution in [0.25, 0.3) is 0 Å². The van der Waals surface area contributed by atoms with Gasteiger partial charge in [-0.3, -0.25) is 0 Å². The van der Waals surface area contributed by atoms with Crippen LogP contribution in [0.3, 0.4) is 0 Å². The van der Waals surface area contributed by atoms with Crippen LogP contribution in [0.15, 0.2) is 34.7 Å². The lowest BCUT2D eigenvalue weighted by molar-refractivity contribution is 0.487. The Morgan fingerprint density at radius 3 is 2.72 bits per heavy atom. The van der Waals surface area contributed by atoms with Crippen LogP contribution < -0.4 is 5.32 Å². The predicted molar refractivity (Wildman–Crippen MR) is 74.4 cm³/mol. The van der Waals surface area contributed by atoms with E-state index in [2.05, 4.69) is 5.32 Å². The third-order valence-corrected chi connectivity index (χ3v) is 3.09. The van der Waals surface area contributed by atoms with Gasteiger partial charge in [-0.1, -0.05) is 0 Å². The van der Waals surface area contributed by atoms with Crippen molar-refractivity contribution >= 4 is 17.4 Å². The van der Waals surface area contributed by atoms with Gasteiger partial charge in [-0.05, 0) is 49.1 Å². The van der Waals surface area contributed by atoms with Gasteiger partial charge in [-0.2, -0.15) is 11.8 Å². The highest BCUT2D eigenvalue weighted by Gasteiger charge is 2.02. The second-order valence-electron chi connectivity index (χ2n) is 4.17. The molecule has 0 saturated heterocycles. The topological polar surface area (TPSA) is 25.2 Å². The maximum Gasteiger partial charge on any atom is 0.125 e. The molecule has 2 rings (SSSR count). The van der Waals surface area contributed by atoms with E-state index < -0.39 is 0 Å². The van der Waals surface area contributed by atoms with Crippen molar-refractivity contribution in [3.8, 4) is 0 Å². The van der Waals surface area contributed by atoms with Crippen LogP contribution in [0, 0.1) is 12.7 Å². The first kappa shape index (κ1) is 13.0. The van der Waals surface area contributed by atoms with Gasteiger partial charge < -0.3 is 9.73 Å². The highest BCUT2D eigenvalue weighted by molar-refractivity contribution is 7.97. The molecular weight excluding hydrogens is 249 g/mol. The molecule has 0 bridgehead atoms. The molecule has 2 aromatic rings. The highest BCUT2D eigenvalue weighted by Crippen LogP contribution is 2.17. The van der Waals surface area contributed by atoms with Crippen molar-refractivity contribution < 1.29 is 8.81 Å². The standard InChI is InChI=1S/C14H16FNOS/c1-10-5-11(15)7-12(6-10)16-8-13-3-4-14(17-13)9-18-2/h3-7,16H,8-9H2,1-2H3. The summed E-state index contributed by atoms with van der Waals surface area (Å²) in [5.74, 6) is 2.48. The Balaban J connectivity index is 1.97. The summed E-state index contributed by atoms with van der Waals surface area (Å²) in [5.41, 5.74) is 1.68. The molecule has 0 fully saturated rings. The lowest BCUT2D eigenvalue weighted by Crippen LogP contribution is -1.98. The van der Waals surface area contributed by atoms with Crippen molar-refractivity contribution in [2.24, 2.45) is 0 Å². The maximum atomic E-state index is 13.2. The molecule has 0 amide bonds. The summed E-state index contributed by atoms with van der Waals surface area (Å²) in [7, 11) is 0. The van der Waals surface area contributed by atoms with Crippen LogP contribution in [-0.2, 0) is 12.3 Å². The molecule has 1 heterocycles. The van der Waals surface area contributed by atoms with Crippen LogP contribution in [-0.4, -0.2) is 6.26 Å². The molecule has 0 aliphatic heterocycles. The lowest BCUT2D eigenvalue weighted by Gasteiger charge is -2.05. The molecule has 96 valence electrons. The monoisotopic (exact) mass is 265 g/mol. The summed E-state index contributed by atoms with van der Waals surface area (Å²) in [6.07, 6.45) is 2.04. The number of halogens is 1. The van der Waals surface area contributed by atoms with Crippen LogP contribution in [0.1, 0.15) is 17.1 Å². The van der Waals surface area contributed by atoms with E-state index in [9.17, 15) is 4.39 Å². The molecule has 1 aromatic heterocycles. The fourth-order valence-corrected chi connectivity index (χ4v) is 2.20. The fraction of sp³-hybridized carbons (Fsp3) is 0.286. The molecule has 0 aliphatic rings. The van der Waals surface area contributed by atoms with Gasteiger partial charge in [0.2, 0.25) is 0 Å². The summed E-state index contributed by atoms with van der Waals surface area (Å²) in [6, 6.07) is 8.83. The Hall–Kier alpha value is -1.42. The molecule has 2 nitrogen and oxygen atoms in total. The van der Waals surface area contributed by atoms with E-state index in [4.69, 9.17) is 4.42 Å². The zero-order valence-electron chi connectivity index (χ0n) is 10.5. The minimum atomic E-state index is -0.222. The number of furan rings is 1. The van der Waals surface area contributed by atoms with Gasteiger partial charge >= 0.3 is 0 Å². The lowest BCUT2D eigenvalue weighted by atomic mass is 10.2. The average molecular weight is 265 g/mol. The van der Waals surface area contributed by atoms with Gasteiger partial charge in [0.25, 0.3) is 0 Å². The largest absolute Gasteiger partial charge is 0.463 e. The quantitative estimate of drug-likeness (QED) is 0.877. The van der Waals surface area contributed by atoms with Crippen molar-refractivity contribution in [3.63, 3.8) is 0 Å². The number of aryl methyl sites for hydroxylation is 1. The first-order valence-electron chi connectivity index (χ1n) is 5.75. The Morgan fingerprint density at radius 1 is 1.22 bits per heavy atom.